The quantitative estimate of drug-likeness (QED) is 0.892. The summed E-state index contributed by atoms with van der Waals surface area (Å²) < 4.78 is 2.05. The van der Waals surface area contributed by atoms with Crippen LogP contribution in [0.3, 0.4) is 0 Å². The van der Waals surface area contributed by atoms with E-state index in [-0.39, 0.29) is 12.1 Å². The zero-order valence-electron chi connectivity index (χ0n) is 11.5. The summed E-state index contributed by atoms with van der Waals surface area (Å²) in [6, 6.07) is 0.280. The standard InChI is InChI=1S/C14H25N3O/c1-16-10-9-15-14(16)11-17(2)12-7-5-3-4-6-8-13(12)18/h9-10,12-13,18H,3-8,11H2,1-2H3. The third-order valence-electron chi connectivity index (χ3n) is 4.07. The molecule has 4 nitrogen and oxygen atoms in total. The molecule has 1 heterocycles. The molecule has 0 amide bonds. The number of aryl methyl sites for hydroxylation is 1. The van der Waals surface area contributed by atoms with Gasteiger partial charge in [0, 0.05) is 25.5 Å². The van der Waals surface area contributed by atoms with E-state index in [1.165, 1.54) is 19.3 Å². The van der Waals surface area contributed by atoms with E-state index in [1.807, 2.05) is 24.0 Å². The zero-order chi connectivity index (χ0) is 13.0. The molecule has 0 bridgehead atoms. The molecule has 102 valence electrons. The molecule has 4 heteroatoms. The summed E-state index contributed by atoms with van der Waals surface area (Å²) in [5.41, 5.74) is 0. The van der Waals surface area contributed by atoms with Crippen molar-refractivity contribution in [3.8, 4) is 0 Å². The van der Waals surface area contributed by atoms with Gasteiger partial charge in [0.15, 0.2) is 0 Å². The smallest absolute Gasteiger partial charge is 0.122 e. The van der Waals surface area contributed by atoms with E-state index in [4.69, 9.17) is 0 Å². The third kappa shape index (κ3) is 3.33. The van der Waals surface area contributed by atoms with Crippen molar-refractivity contribution < 1.29 is 5.11 Å². The summed E-state index contributed by atoms with van der Waals surface area (Å²) >= 11 is 0. The van der Waals surface area contributed by atoms with Crippen molar-refractivity contribution in [1.29, 1.82) is 0 Å². The van der Waals surface area contributed by atoms with E-state index in [0.717, 1.165) is 31.6 Å². The first-order valence-corrected chi connectivity index (χ1v) is 7.03. The van der Waals surface area contributed by atoms with Crippen LogP contribution in [0, 0.1) is 0 Å². The van der Waals surface area contributed by atoms with Crippen molar-refractivity contribution in [2.24, 2.45) is 7.05 Å². The van der Waals surface area contributed by atoms with Gasteiger partial charge >= 0.3 is 0 Å². The van der Waals surface area contributed by atoms with E-state index >= 15 is 0 Å². The Bertz CT molecular complexity index is 364. The van der Waals surface area contributed by atoms with Crippen LogP contribution >= 0.6 is 0 Å². The van der Waals surface area contributed by atoms with E-state index in [1.54, 1.807) is 0 Å². The molecule has 1 aromatic heterocycles. The molecule has 0 aliphatic heterocycles. The van der Waals surface area contributed by atoms with Crippen molar-refractivity contribution in [3.05, 3.63) is 18.2 Å². The molecule has 1 saturated carbocycles. The lowest BCUT2D eigenvalue weighted by molar-refractivity contribution is 0.0392. The van der Waals surface area contributed by atoms with Crippen LogP contribution in [0.2, 0.25) is 0 Å². The topological polar surface area (TPSA) is 41.3 Å². The number of hydrogen-bond donors (Lipinski definition) is 1. The molecule has 1 fully saturated rings. The van der Waals surface area contributed by atoms with E-state index in [2.05, 4.69) is 16.9 Å². The molecule has 1 N–H and O–H groups in total. The van der Waals surface area contributed by atoms with Gasteiger partial charge in [-0.3, -0.25) is 4.90 Å². The van der Waals surface area contributed by atoms with Crippen LogP contribution in [-0.4, -0.2) is 38.8 Å². The molecular formula is C14H25N3O. The number of aromatic nitrogens is 2. The number of likely N-dealkylation sites (N-methyl/N-ethyl adjacent to an activating group) is 1. The summed E-state index contributed by atoms with van der Waals surface area (Å²) in [5, 5.41) is 10.3. The Morgan fingerprint density at radius 3 is 2.72 bits per heavy atom. The highest BCUT2D eigenvalue weighted by molar-refractivity contribution is 4.92. The van der Waals surface area contributed by atoms with Gasteiger partial charge in [0.05, 0.1) is 12.6 Å². The van der Waals surface area contributed by atoms with Crippen LogP contribution in [0.1, 0.15) is 44.3 Å². The van der Waals surface area contributed by atoms with Gasteiger partial charge < -0.3 is 9.67 Å². The third-order valence-corrected chi connectivity index (χ3v) is 4.07. The van der Waals surface area contributed by atoms with Crippen LogP contribution in [0.4, 0.5) is 0 Å². The molecular weight excluding hydrogens is 226 g/mol. The maximum absolute atomic E-state index is 10.3. The highest BCUT2D eigenvalue weighted by Gasteiger charge is 2.25. The monoisotopic (exact) mass is 251 g/mol. The number of aliphatic hydroxyl groups is 1. The Hall–Kier alpha value is -0.870. The first-order chi connectivity index (χ1) is 8.68. The first-order valence-electron chi connectivity index (χ1n) is 7.03. The predicted octanol–water partition coefficient (Wildman–Crippen LogP) is 1.94. The Labute approximate surface area is 110 Å². The van der Waals surface area contributed by atoms with Gasteiger partial charge in [-0.05, 0) is 19.9 Å². The second-order valence-corrected chi connectivity index (χ2v) is 5.50. The largest absolute Gasteiger partial charge is 0.391 e. The molecule has 2 rings (SSSR count). The summed E-state index contributed by atoms with van der Waals surface area (Å²) in [6.45, 7) is 0.811. The summed E-state index contributed by atoms with van der Waals surface area (Å²) in [5.74, 6) is 1.06. The average Bonchev–Trinajstić information content (AvgIpc) is 2.70. The fourth-order valence-electron chi connectivity index (χ4n) is 2.85. The lowest BCUT2D eigenvalue weighted by Gasteiger charge is -2.33. The number of rotatable bonds is 3. The molecule has 1 aliphatic rings. The van der Waals surface area contributed by atoms with Crippen LogP contribution in [0.25, 0.3) is 0 Å². The van der Waals surface area contributed by atoms with Gasteiger partial charge in [-0.1, -0.05) is 25.7 Å². The molecule has 1 aromatic rings. The highest BCUT2D eigenvalue weighted by atomic mass is 16.3. The Balaban J connectivity index is 1.97. The Morgan fingerprint density at radius 2 is 2.06 bits per heavy atom. The Morgan fingerprint density at radius 1 is 1.33 bits per heavy atom. The van der Waals surface area contributed by atoms with Crippen LogP contribution in [-0.2, 0) is 13.6 Å². The van der Waals surface area contributed by atoms with Crippen LogP contribution in [0.15, 0.2) is 12.4 Å². The first kappa shape index (κ1) is 13.6. The van der Waals surface area contributed by atoms with Gasteiger partial charge in [0.25, 0.3) is 0 Å². The molecule has 0 radical (unpaired) electrons. The van der Waals surface area contributed by atoms with Crippen LogP contribution in [0.5, 0.6) is 0 Å². The normalized spacial score (nSPS) is 26.0. The highest BCUT2D eigenvalue weighted by Crippen LogP contribution is 2.22. The van der Waals surface area contributed by atoms with E-state index in [0.29, 0.717) is 0 Å². The lowest BCUT2D eigenvalue weighted by Crippen LogP contribution is -2.41. The molecule has 1 aliphatic carbocycles. The van der Waals surface area contributed by atoms with Gasteiger partial charge in [-0.2, -0.15) is 0 Å². The van der Waals surface area contributed by atoms with Gasteiger partial charge in [-0.25, -0.2) is 4.98 Å². The molecule has 18 heavy (non-hydrogen) atoms. The SMILES string of the molecule is CN(Cc1nccn1C)C1CCCCCCC1O. The molecule has 2 unspecified atom stereocenters. The van der Waals surface area contributed by atoms with Crippen molar-refractivity contribution in [3.63, 3.8) is 0 Å². The molecule has 2 atom stereocenters. The minimum atomic E-state index is -0.185. The predicted molar refractivity (Wildman–Crippen MR) is 72.2 cm³/mol. The fraction of sp³-hybridized carbons (Fsp3) is 0.786. The average molecular weight is 251 g/mol. The summed E-state index contributed by atoms with van der Waals surface area (Å²) in [6.07, 6.45) is 10.6. The lowest BCUT2D eigenvalue weighted by atomic mass is 9.93. The van der Waals surface area contributed by atoms with Crippen LogP contribution < -0.4 is 0 Å². The Kier molecular flexibility index (Phi) is 4.78. The minimum absolute atomic E-state index is 0.185. The maximum atomic E-state index is 10.3. The summed E-state index contributed by atoms with van der Waals surface area (Å²) in [4.78, 5) is 6.62. The van der Waals surface area contributed by atoms with Crippen molar-refractivity contribution in [2.45, 2.75) is 57.2 Å². The molecule has 0 spiro atoms. The number of hydrogen-bond acceptors (Lipinski definition) is 3. The maximum Gasteiger partial charge on any atom is 0.122 e. The van der Waals surface area contributed by atoms with E-state index in [9.17, 15) is 5.11 Å². The second-order valence-electron chi connectivity index (χ2n) is 5.50. The molecule has 0 saturated heterocycles. The van der Waals surface area contributed by atoms with Crippen molar-refractivity contribution in [2.75, 3.05) is 7.05 Å². The fourth-order valence-corrected chi connectivity index (χ4v) is 2.85. The number of nitrogens with zero attached hydrogens (tertiary/aromatic N) is 3. The van der Waals surface area contributed by atoms with Crippen molar-refractivity contribution >= 4 is 0 Å². The van der Waals surface area contributed by atoms with Gasteiger partial charge in [0.2, 0.25) is 0 Å². The number of aliphatic hydroxyl groups excluding tert-OH is 1. The molecule has 0 aromatic carbocycles. The number of imidazole rings is 1. The second kappa shape index (κ2) is 6.34. The van der Waals surface area contributed by atoms with E-state index < -0.39 is 0 Å². The summed E-state index contributed by atoms with van der Waals surface area (Å²) in [7, 11) is 4.12. The zero-order valence-corrected chi connectivity index (χ0v) is 11.5. The minimum Gasteiger partial charge on any atom is -0.391 e. The van der Waals surface area contributed by atoms with Gasteiger partial charge in [0.1, 0.15) is 5.82 Å². The van der Waals surface area contributed by atoms with Gasteiger partial charge in [-0.15, -0.1) is 0 Å². The van der Waals surface area contributed by atoms with Crippen molar-refractivity contribution in [1.82, 2.24) is 14.5 Å².